The van der Waals surface area contributed by atoms with Gasteiger partial charge in [-0.15, -0.1) is 0 Å². The number of amides is 1. The molecule has 0 spiro atoms. The number of nitrogens with zero attached hydrogens (tertiary/aromatic N) is 3. The number of nitrogens with one attached hydrogen (secondary N) is 2. The maximum absolute atomic E-state index is 14.2. The molecule has 1 aliphatic heterocycles. The van der Waals surface area contributed by atoms with Gasteiger partial charge < -0.3 is 21.1 Å². The van der Waals surface area contributed by atoms with Crippen molar-refractivity contribution in [3.8, 4) is 16.9 Å². The number of pyridine rings is 1. The van der Waals surface area contributed by atoms with Crippen LogP contribution in [-0.2, 0) is 4.79 Å². The Kier molecular flexibility index (Phi) is 8.69. The Hall–Kier alpha value is -2.72. The van der Waals surface area contributed by atoms with Crippen LogP contribution in [0.25, 0.3) is 11.1 Å². The van der Waals surface area contributed by atoms with Crippen molar-refractivity contribution in [1.29, 1.82) is 0 Å². The number of ether oxygens (including phenoxy) is 1. The topological polar surface area (TPSA) is 107 Å². The number of anilines is 1. The number of hydrogen-bond acceptors (Lipinski definition) is 6. The van der Waals surface area contributed by atoms with Crippen molar-refractivity contribution < 1.29 is 13.9 Å². The van der Waals surface area contributed by atoms with Crippen molar-refractivity contribution in [2.45, 2.75) is 51.8 Å². The third-order valence-corrected chi connectivity index (χ3v) is 7.24. The summed E-state index contributed by atoms with van der Waals surface area (Å²) in [7, 11) is 0. The van der Waals surface area contributed by atoms with Crippen LogP contribution in [0, 0.1) is 11.7 Å². The molecule has 11 heteroatoms. The molecule has 0 radical (unpaired) electrons. The summed E-state index contributed by atoms with van der Waals surface area (Å²) in [5, 5.41) is 10.8. The fourth-order valence-electron chi connectivity index (χ4n) is 4.21. The average Bonchev–Trinajstić information content (AvgIpc) is 3.38. The van der Waals surface area contributed by atoms with E-state index in [0.29, 0.717) is 11.6 Å². The standard InChI is InChI=1S/C26H31Cl2FN6O2/c1-14(2)24(30)26(36)34-25-21(37-15(3)22-19(27)4-5-20(29)23(22)28)10-16(11-32-25)17-12-33-35(13-17)18-6-8-31-9-7-18/h4-5,10-15,18,24,31H,6-9,30H2,1-3H3,(H,32,34,36)/t15-,24-/m1/s1. The Balaban J connectivity index is 1.67. The highest BCUT2D eigenvalue weighted by molar-refractivity contribution is 6.36. The fourth-order valence-corrected chi connectivity index (χ4v) is 4.89. The van der Waals surface area contributed by atoms with E-state index in [9.17, 15) is 9.18 Å². The largest absolute Gasteiger partial charge is 0.482 e. The predicted octanol–water partition coefficient (Wildman–Crippen LogP) is 5.38. The molecular formula is C26H31Cl2FN6O2. The lowest BCUT2D eigenvalue weighted by Gasteiger charge is -2.22. The first-order chi connectivity index (χ1) is 17.7. The zero-order valence-electron chi connectivity index (χ0n) is 21.0. The van der Waals surface area contributed by atoms with Gasteiger partial charge in [0.2, 0.25) is 5.91 Å². The molecule has 37 heavy (non-hydrogen) atoms. The zero-order valence-corrected chi connectivity index (χ0v) is 22.5. The lowest BCUT2D eigenvalue weighted by atomic mass is 10.1. The number of halogens is 3. The van der Waals surface area contributed by atoms with Crippen molar-refractivity contribution >= 4 is 34.9 Å². The molecule has 2 atom stereocenters. The number of rotatable bonds is 8. The molecule has 1 fully saturated rings. The number of benzene rings is 1. The van der Waals surface area contributed by atoms with E-state index >= 15 is 0 Å². The van der Waals surface area contributed by atoms with Crippen molar-refractivity contribution in [3.05, 3.63) is 58.2 Å². The third-order valence-electron chi connectivity index (χ3n) is 6.52. The van der Waals surface area contributed by atoms with Crippen LogP contribution in [0.5, 0.6) is 5.75 Å². The summed E-state index contributed by atoms with van der Waals surface area (Å²) in [6.07, 6.45) is 6.65. The molecule has 0 bridgehead atoms. The number of piperidine rings is 1. The molecule has 8 nitrogen and oxygen atoms in total. The molecule has 1 saturated heterocycles. The van der Waals surface area contributed by atoms with E-state index in [1.807, 2.05) is 24.7 Å². The number of hydrogen-bond donors (Lipinski definition) is 3. The van der Waals surface area contributed by atoms with Crippen LogP contribution in [0.3, 0.4) is 0 Å². The van der Waals surface area contributed by atoms with E-state index < -0.39 is 23.9 Å². The van der Waals surface area contributed by atoms with Crippen molar-refractivity contribution in [2.24, 2.45) is 11.7 Å². The summed E-state index contributed by atoms with van der Waals surface area (Å²) in [4.78, 5) is 17.2. The Morgan fingerprint density at radius 1 is 1.22 bits per heavy atom. The van der Waals surface area contributed by atoms with Gasteiger partial charge in [0.25, 0.3) is 0 Å². The SMILES string of the molecule is CC(C)[C@@H](N)C(=O)Nc1ncc(-c2cnn(C3CCNCC3)c2)cc1O[C@H](C)c1c(Cl)ccc(F)c1Cl. The zero-order chi connectivity index (χ0) is 26.7. The molecule has 0 aliphatic carbocycles. The van der Waals surface area contributed by atoms with Gasteiger partial charge in [0.05, 0.1) is 23.3 Å². The van der Waals surface area contributed by atoms with Gasteiger partial charge in [0.15, 0.2) is 11.6 Å². The third kappa shape index (κ3) is 6.23. The summed E-state index contributed by atoms with van der Waals surface area (Å²) < 4.78 is 22.3. The van der Waals surface area contributed by atoms with Crippen molar-refractivity contribution in [2.75, 3.05) is 18.4 Å². The molecule has 1 aliphatic rings. The quantitative estimate of drug-likeness (QED) is 0.326. The maximum atomic E-state index is 14.2. The molecule has 3 aromatic rings. The molecule has 0 saturated carbocycles. The van der Waals surface area contributed by atoms with Gasteiger partial charge in [-0.05, 0) is 57.0 Å². The Labute approximate surface area is 225 Å². The first-order valence-electron chi connectivity index (χ1n) is 12.3. The molecule has 3 heterocycles. The second-order valence-corrected chi connectivity index (χ2v) is 10.3. The van der Waals surface area contributed by atoms with Gasteiger partial charge >= 0.3 is 0 Å². The molecule has 1 amide bonds. The molecule has 1 aromatic carbocycles. The molecular weight excluding hydrogens is 518 g/mol. The van der Waals surface area contributed by atoms with E-state index in [4.69, 9.17) is 33.7 Å². The fraction of sp³-hybridized carbons (Fsp3) is 0.423. The average molecular weight is 549 g/mol. The first kappa shape index (κ1) is 27.3. The molecule has 2 aromatic heterocycles. The summed E-state index contributed by atoms with van der Waals surface area (Å²) in [5.41, 5.74) is 7.91. The summed E-state index contributed by atoms with van der Waals surface area (Å²) in [6, 6.07) is 3.97. The lowest BCUT2D eigenvalue weighted by molar-refractivity contribution is -0.118. The first-order valence-corrected chi connectivity index (χ1v) is 13.0. The minimum Gasteiger partial charge on any atom is -0.482 e. The van der Waals surface area contributed by atoms with E-state index in [1.54, 1.807) is 25.4 Å². The van der Waals surface area contributed by atoms with Gasteiger partial charge in [0, 0.05) is 34.1 Å². The van der Waals surface area contributed by atoms with E-state index in [2.05, 4.69) is 20.7 Å². The van der Waals surface area contributed by atoms with Gasteiger partial charge in [-0.25, -0.2) is 9.37 Å². The van der Waals surface area contributed by atoms with E-state index in [1.165, 1.54) is 12.1 Å². The minimum atomic E-state index is -0.750. The monoisotopic (exact) mass is 548 g/mol. The highest BCUT2D eigenvalue weighted by Crippen LogP contribution is 2.38. The van der Waals surface area contributed by atoms with E-state index in [0.717, 1.165) is 37.1 Å². The number of carbonyl (C=O) groups is 1. The molecule has 4 rings (SSSR count). The van der Waals surface area contributed by atoms with Gasteiger partial charge in [-0.1, -0.05) is 37.0 Å². The van der Waals surface area contributed by atoms with Crippen LogP contribution in [0.4, 0.5) is 10.2 Å². The van der Waals surface area contributed by atoms with Crippen molar-refractivity contribution in [3.63, 3.8) is 0 Å². The summed E-state index contributed by atoms with van der Waals surface area (Å²) in [6.45, 7) is 7.31. The Morgan fingerprint density at radius 2 is 1.95 bits per heavy atom. The van der Waals surface area contributed by atoms with Crippen LogP contribution in [0.15, 0.2) is 36.8 Å². The van der Waals surface area contributed by atoms with Crippen LogP contribution in [0.2, 0.25) is 10.0 Å². The number of carbonyl (C=O) groups excluding carboxylic acids is 1. The maximum Gasteiger partial charge on any atom is 0.242 e. The van der Waals surface area contributed by atoms with Crippen LogP contribution in [-0.4, -0.2) is 39.8 Å². The predicted molar refractivity (Wildman–Crippen MR) is 144 cm³/mol. The highest BCUT2D eigenvalue weighted by atomic mass is 35.5. The minimum absolute atomic E-state index is 0.0756. The van der Waals surface area contributed by atoms with Gasteiger partial charge in [-0.3, -0.25) is 9.48 Å². The van der Waals surface area contributed by atoms with E-state index in [-0.39, 0.29) is 27.5 Å². The molecule has 4 N–H and O–H groups in total. The second-order valence-electron chi connectivity index (χ2n) is 9.54. The highest BCUT2D eigenvalue weighted by Gasteiger charge is 2.24. The van der Waals surface area contributed by atoms with Gasteiger partial charge in [-0.2, -0.15) is 5.10 Å². The van der Waals surface area contributed by atoms with Crippen LogP contribution in [0.1, 0.15) is 51.3 Å². The second kappa shape index (κ2) is 11.8. The number of aromatic nitrogens is 3. The lowest BCUT2D eigenvalue weighted by Crippen LogP contribution is -2.40. The summed E-state index contributed by atoms with van der Waals surface area (Å²) >= 11 is 12.5. The smallest absolute Gasteiger partial charge is 0.242 e. The van der Waals surface area contributed by atoms with Gasteiger partial charge in [0.1, 0.15) is 11.9 Å². The molecule has 0 unspecified atom stereocenters. The Bertz CT molecular complexity index is 1260. The van der Waals surface area contributed by atoms with Crippen molar-refractivity contribution in [1.82, 2.24) is 20.1 Å². The Morgan fingerprint density at radius 3 is 2.65 bits per heavy atom. The normalized spacial score (nSPS) is 16.0. The van der Waals surface area contributed by atoms with Crippen LogP contribution < -0.4 is 21.1 Å². The summed E-state index contributed by atoms with van der Waals surface area (Å²) in [5.74, 6) is -0.627. The molecule has 198 valence electrons. The number of nitrogens with two attached hydrogens (primary N) is 1. The van der Waals surface area contributed by atoms with Crippen LogP contribution >= 0.6 is 23.2 Å².